The molecule has 1 aromatic heterocycles. The highest BCUT2D eigenvalue weighted by Gasteiger charge is 2.20. The lowest BCUT2D eigenvalue weighted by atomic mass is 9.99. The van der Waals surface area contributed by atoms with Crippen LogP contribution in [0.4, 0.5) is 0 Å². The average molecular weight is 325 g/mol. The van der Waals surface area contributed by atoms with Gasteiger partial charge in [0.25, 0.3) is 5.56 Å². The zero-order valence-corrected chi connectivity index (χ0v) is 14.2. The first-order valence-electron chi connectivity index (χ1n) is 8.44. The van der Waals surface area contributed by atoms with Crippen LogP contribution in [0.3, 0.4) is 0 Å². The Labute approximate surface area is 141 Å². The van der Waals surface area contributed by atoms with E-state index in [2.05, 4.69) is 11.9 Å². The normalized spacial score (nSPS) is 15.5. The van der Waals surface area contributed by atoms with E-state index in [1.807, 2.05) is 36.1 Å². The summed E-state index contributed by atoms with van der Waals surface area (Å²) in [6, 6.07) is 9.37. The quantitative estimate of drug-likeness (QED) is 0.871. The molecular formula is C19H23N3O2. The van der Waals surface area contributed by atoms with Crippen molar-refractivity contribution in [2.45, 2.75) is 33.2 Å². The van der Waals surface area contributed by atoms with E-state index in [1.165, 1.54) is 17.0 Å². The first-order valence-corrected chi connectivity index (χ1v) is 8.44. The van der Waals surface area contributed by atoms with Crippen LogP contribution < -0.4 is 5.56 Å². The SMILES string of the molecule is Cc1ccc(-c2cc(=O)n(CC(=O)N3CCC(C)CC3)cn2)cc1. The van der Waals surface area contributed by atoms with Crippen LogP contribution in [0.25, 0.3) is 11.3 Å². The smallest absolute Gasteiger partial charge is 0.254 e. The molecule has 2 heterocycles. The lowest BCUT2D eigenvalue weighted by Gasteiger charge is -2.30. The summed E-state index contributed by atoms with van der Waals surface area (Å²) in [5, 5.41) is 0. The molecule has 3 rings (SSSR count). The Morgan fingerprint density at radius 2 is 1.88 bits per heavy atom. The zero-order chi connectivity index (χ0) is 17.1. The van der Waals surface area contributed by atoms with Crippen molar-refractivity contribution in [3.63, 3.8) is 0 Å². The number of aryl methyl sites for hydroxylation is 1. The fourth-order valence-electron chi connectivity index (χ4n) is 2.93. The highest BCUT2D eigenvalue weighted by atomic mass is 16.2. The molecule has 0 radical (unpaired) electrons. The van der Waals surface area contributed by atoms with Crippen molar-refractivity contribution in [3.8, 4) is 11.3 Å². The summed E-state index contributed by atoms with van der Waals surface area (Å²) in [4.78, 5) is 30.8. The molecule has 5 nitrogen and oxygen atoms in total. The molecule has 1 amide bonds. The molecule has 0 bridgehead atoms. The molecule has 0 saturated carbocycles. The van der Waals surface area contributed by atoms with Crippen molar-refractivity contribution in [1.29, 1.82) is 0 Å². The van der Waals surface area contributed by atoms with E-state index in [9.17, 15) is 9.59 Å². The van der Waals surface area contributed by atoms with Gasteiger partial charge in [0, 0.05) is 24.7 Å². The minimum Gasteiger partial charge on any atom is -0.341 e. The molecular weight excluding hydrogens is 302 g/mol. The molecule has 0 atom stereocenters. The van der Waals surface area contributed by atoms with Crippen LogP contribution in [0.5, 0.6) is 0 Å². The minimum absolute atomic E-state index is 0.00566. The minimum atomic E-state index is -0.195. The maximum atomic E-state index is 12.4. The molecule has 0 N–H and O–H groups in total. The fraction of sp³-hybridized carbons (Fsp3) is 0.421. The second-order valence-corrected chi connectivity index (χ2v) is 6.67. The number of nitrogens with zero attached hydrogens (tertiary/aromatic N) is 3. The van der Waals surface area contributed by atoms with Crippen LogP contribution in [0.1, 0.15) is 25.3 Å². The molecule has 2 aromatic rings. The van der Waals surface area contributed by atoms with E-state index in [1.54, 1.807) is 0 Å². The number of hydrogen-bond acceptors (Lipinski definition) is 3. The summed E-state index contributed by atoms with van der Waals surface area (Å²) in [6.45, 7) is 5.85. The van der Waals surface area contributed by atoms with Crippen molar-refractivity contribution in [3.05, 3.63) is 52.6 Å². The average Bonchev–Trinajstić information content (AvgIpc) is 2.58. The van der Waals surface area contributed by atoms with Crippen LogP contribution in [0.2, 0.25) is 0 Å². The molecule has 1 fully saturated rings. The number of carbonyl (C=O) groups is 1. The van der Waals surface area contributed by atoms with Gasteiger partial charge in [-0.2, -0.15) is 0 Å². The van der Waals surface area contributed by atoms with E-state index in [0.29, 0.717) is 11.6 Å². The van der Waals surface area contributed by atoms with E-state index in [4.69, 9.17) is 0 Å². The van der Waals surface area contributed by atoms with Gasteiger partial charge in [-0.25, -0.2) is 4.98 Å². The fourth-order valence-corrected chi connectivity index (χ4v) is 2.93. The highest BCUT2D eigenvalue weighted by molar-refractivity contribution is 5.76. The Kier molecular flexibility index (Phi) is 4.79. The monoisotopic (exact) mass is 325 g/mol. The third-order valence-electron chi connectivity index (χ3n) is 4.67. The lowest BCUT2D eigenvalue weighted by Crippen LogP contribution is -2.41. The van der Waals surface area contributed by atoms with Crippen LogP contribution >= 0.6 is 0 Å². The Balaban J connectivity index is 1.72. The van der Waals surface area contributed by atoms with Gasteiger partial charge in [0.05, 0.1) is 12.0 Å². The molecule has 24 heavy (non-hydrogen) atoms. The summed E-state index contributed by atoms with van der Waals surface area (Å²) in [5.74, 6) is 0.668. The predicted octanol–water partition coefficient (Wildman–Crippen LogP) is 2.48. The van der Waals surface area contributed by atoms with Crippen molar-refractivity contribution in [2.75, 3.05) is 13.1 Å². The summed E-state index contributed by atoms with van der Waals surface area (Å²) in [7, 11) is 0. The molecule has 1 aromatic carbocycles. The molecule has 0 unspecified atom stereocenters. The molecule has 0 aliphatic carbocycles. The van der Waals surface area contributed by atoms with Crippen molar-refractivity contribution < 1.29 is 4.79 Å². The van der Waals surface area contributed by atoms with E-state index in [0.717, 1.165) is 37.1 Å². The second-order valence-electron chi connectivity index (χ2n) is 6.67. The number of piperidine rings is 1. The molecule has 0 spiro atoms. The van der Waals surface area contributed by atoms with Gasteiger partial charge in [0.1, 0.15) is 6.54 Å². The maximum Gasteiger partial charge on any atom is 0.254 e. The standard InChI is InChI=1S/C19H23N3O2/c1-14-3-5-16(6-4-14)17-11-18(23)22(13-20-17)12-19(24)21-9-7-15(2)8-10-21/h3-6,11,13,15H,7-10,12H2,1-2H3. The lowest BCUT2D eigenvalue weighted by molar-refractivity contribution is -0.133. The third kappa shape index (κ3) is 3.72. The summed E-state index contributed by atoms with van der Waals surface area (Å²) >= 11 is 0. The molecule has 1 saturated heterocycles. The molecule has 1 aliphatic rings. The van der Waals surface area contributed by atoms with Gasteiger partial charge < -0.3 is 4.90 Å². The van der Waals surface area contributed by atoms with Crippen molar-refractivity contribution in [1.82, 2.24) is 14.5 Å². The number of aromatic nitrogens is 2. The van der Waals surface area contributed by atoms with Gasteiger partial charge in [0.15, 0.2) is 0 Å². The van der Waals surface area contributed by atoms with Gasteiger partial charge in [-0.05, 0) is 25.7 Å². The number of hydrogen-bond donors (Lipinski definition) is 0. The summed E-state index contributed by atoms with van der Waals surface area (Å²) in [6.07, 6.45) is 3.54. The summed E-state index contributed by atoms with van der Waals surface area (Å²) < 4.78 is 1.39. The van der Waals surface area contributed by atoms with Gasteiger partial charge in [-0.3, -0.25) is 14.2 Å². The first-order chi connectivity index (χ1) is 11.5. The van der Waals surface area contributed by atoms with E-state index in [-0.39, 0.29) is 18.0 Å². The third-order valence-corrected chi connectivity index (χ3v) is 4.67. The number of carbonyl (C=O) groups excluding carboxylic acids is 1. The number of amides is 1. The van der Waals surface area contributed by atoms with Crippen LogP contribution in [0.15, 0.2) is 41.5 Å². The van der Waals surface area contributed by atoms with Gasteiger partial charge >= 0.3 is 0 Å². The predicted molar refractivity (Wildman–Crippen MR) is 93.6 cm³/mol. The largest absolute Gasteiger partial charge is 0.341 e. The van der Waals surface area contributed by atoms with E-state index >= 15 is 0 Å². The Hall–Kier alpha value is -2.43. The van der Waals surface area contributed by atoms with Gasteiger partial charge in [0.2, 0.25) is 5.91 Å². The second kappa shape index (κ2) is 6.99. The van der Waals surface area contributed by atoms with Crippen LogP contribution in [0, 0.1) is 12.8 Å². The van der Waals surface area contributed by atoms with Gasteiger partial charge in [-0.15, -0.1) is 0 Å². The van der Waals surface area contributed by atoms with Crippen molar-refractivity contribution >= 4 is 5.91 Å². The molecule has 126 valence electrons. The zero-order valence-electron chi connectivity index (χ0n) is 14.2. The number of rotatable bonds is 3. The Morgan fingerprint density at radius 3 is 2.50 bits per heavy atom. The van der Waals surface area contributed by atoms with Gasteiger partial charge in [-0.1, -0.05) is 36.8 Å². The molecule has 1 aliphatic heterocycles. The molecule has 5 heteroatoms. The van der Waals surface area contributed by atoms with Crippen LogP contribution in [-0.2, 0) is 11.3 Å². The van der Waals surface area contributed by atoms with Crippen molar-refractivity contribution in [2.24, 2.45) is 5.92 Å². The van der Waals surface area contributed by atoms with E-state index < -0.39 is 0 Å². The summed E-state index contributed by atoms with van der Waals surface area (Å²) in [5.41, 5.74) is 2.50. The highest BCUT2D eigenvalue weighted by Crippen LogP contribution is 2.17. The topological polar surface area (TPSA) is 55.2 Å². The number of benzene rings is 1. The number of likely N-dealkylation sites (tertiary alicyclic amines) is 1. The maximum absolute atomic E-state index is 12.4. The first kappa shape index (κ1) is 16.4. The Morgan fingerprint density at radius 1 is 1.21 bits per heavy atom. The van der Waals surface area contributed by atoms with Crippen LogP contribution in [-0.4, -0.2) is 33.4 Å². The Bertz CT molecular complexity index is 772.